The van der Waals surface area contributed by atoms with E-state index in [9.17, 15) is 4.79 Å². The van der Waals surface area contributed by atoms with Crippen LogP contribution in [0.25, 0.3) is 5.52 Å². The third-order valence-electron chi connectivity index (χ3n) is 4.43. The zero-order chi connectivity index (χ0) is 17.1. The van der Waals surface area contributed by atoms with E-state index < -0.39 is 0 Å². The minimum absolute atomic E-state index is 0.0996. The number of carbonyl (C=O) groups is 1. The Bertz CT molecular complexity index is 864. The number of amides is 1. The Morgan fingerprint density at radius 1 is 1.24 bits per heavy atom. The van der Waals surface area contributed by atoms with Crippen LogP contribution < -0.4 is 0 Å². The molecule has 3 aromatic heterocycles. The zero-order valence-corrected chi connectivity index (χ0v) is 13.8. The van der Waals surface area contributed by atoms with Crippen LogP contribution in [0.5, 0.6) is 0 Å². The van der Waals surface area contributed by atoms with Gasteiger partial charge in [-0.3, -0.25) is 9.78 Å². The molecule has 1 aliphatic rings. The van der Waals surface area contributed by atoms with Crippen LogP contribution in [0.3, 0.4) is 0 Å². The average molecular weight is 337 g/mol. The first-order chi connectivity index (χ1) is 12.3. The molecule has 0 unspecified atom stereocenters. The highest BCUT2D eigenvalue weighted by Crippen LogP contribution is 2.18. The van der Waals surface area contributed by atoms with Crippen molar-refractivity contribution in [3.63, 3.8) is 0 Å². The van der Waals surface area contributed by atoms with Gasteiger partial charge < -0.3 is 14.0 Å². The summed E-state index contributed by atoms with van der Waals surface area (Å²) in [6, 6.07) is 7.48. The molecule has 0 aromatic carbocycles. The summed E-state index contributed by atoms with van der Waals surface area (Å²) in [4.78, 5) is 19.0. The highest BCUT2D eigenvalue weighted by Gasteiger charge is 2.25. The van der Waals surface area contributed by atoms with Crippen LogP contribution >= 0.6 is 0 Å². The second-order valence-electron chi connectivity index (χ2n) is 6.18. The van der Waals surface area contributed by atoms with Gasteiger partial charge >= 0.3 is 0 Å². The van der Waals surface area contributed by atoms with Gasteiger partial charge in [-0.1, -0.05) is 0 Å². The van der Waals surface area contributed by atoms with E-state index in [0.717, 1.165) is 17.6 Å². The SMILES string of the molecule is O=C(c1cccnn1)N1CCOC[C@@H](Cc2nccn3cccc23)C1. The van der Waals surface area contributed by atoms with Crippen molar-refractivity contribution < 1.29 is 9.53 Å². The second-order valence-corrected chi connectivity index (χ2v) is 6.18. The number of rotatable bonds is 3. The summed E-state index contributed by atoms with van der Waals surface area (Å²) in [5.41, 5.74) is 2.49. The molecule has 25 heavy (non-hydrogen) atoms. The molecule has 0 aliphatic carbocycles. The van der Waals surface area contributed by atoms with Gasteiger partial charge in [0.15, 0.2) is 5.69 Å². The number of ether oxygens (including phenoxy) is 1. The van der Waals surface area contributed by atoms with Gasteiger partial charge in [-0.15, -0.1) is 5.10 Å². The number of hydrogen-bond donors (Lipinski definition) is 0. The van der Waals surface area contributed by atoms with Gasteiger partial charge in [0.2, 0.25) is 0 Å². The molecular weight excluding hydrogens is 318 g/mol. The van der Waals surface area contributed by atoms with E-state index in [-0.39, 0.29) is 11.8 Å². The molecule has 0 bridgehead atoms. The lowest BCUT2D eigenvalue weighted by atomic mass is 10.0. The van der Waals surface area contributed by atoms with Gasteiger partial charge in [-0.05, 0) is 30.7 Å². The molecule has 1 fully saturated rings. The first-order valence-corrected chi connectivity index (χ1v) is 8.36. The monoisotopic (exact) mass is 337 g/mol. The van der Waals surface area contributed by atoms with Crippen molar-refractivity contribution in [1.82, 2.24) is 24.5 Å². The maximum Gasteiger partial charge on any atom is 0.274 e. The molecule has 0 N–H and O–H groups in total. The lowest BCUT2D eigenvalue weighted by Crippen LogP contribution is -2.37. The Kier molecular flexibility index (Phi) is 4.39. The van der Waals surface area contributed by atoms with E-state index in [0.29, 0.717) is 32.0 Å². The van der Waals surface area contributed by atoms with Crippen LogP contribution in [0, 0.1) is 5.92 Å². The van der Waals surface area contributed by atoms with E-state index >= 15 is 0 Å². The van der Waals surface area contributed by atoms with Gasteiger partial charge in [-0.2, -0.15) is 5.10 Å². The maximum absolute atomic E-state index is 12.7. The van der Waals surface area contributed by atoms with Crippen molar-refractivity contribution >= 4 is 11.4 Å². The van der Waals surface area contributed by atoms with Crippen molar-refractivity contribution in [2.24, 2.45) is 5.92 Å². The fourth-order valence-electron chi connectivity index (χ4n) is 3.23. The summed E-state index contributed by atoms with van der Waals surface area (Å²) in [7, 11) is 0. The Morgan fingerprint density at radius 2 is 2.20 bits per heavy atom. The standard InChI is InChI=1S/C18H19N5O2/c24-18(15-3-1-5-20-21-15)23-9-10-25-13-14(12-23)11-16-17-4-2-7-22(17)8-6-19-16/h1-8,14H,9-13H2/t14-/m0/s1. The van der Waals surface area contributed by atoms with Crippen LogP contribution in [0.4, 0.5) is 0 Å². The molecule has 0 radical (unpaired) electrons. The summed E-state index contributed by atoms with van der Waals surface area (Å²) in [6.07, 6.45) is 8.08. The highest BCUT2D eigenvalue weighted by molar-refractivity contribution is 5.92. The number of carbonyl (C=O) groups excluding carboxylic acids is 1. The van der Waals surface area contributed by atoms with Crippen molar-refractivity contribution in [1.29, 1.82) is 0 Å². The van der Waals surface area contributed by atoms with Crippen LogP contribution in [-0.2, 0) is 11.2 Å². The van der Waals surface area contributed by atoms with E-state index in [2.05, 4.69) is 25.6 Å². The van der Waals surface area contributed by atoms with E-state index in [1.54, 1.807) is 23.2 Å². The van der Waals surface area contributed by atoms with E-state index in [4.69, 9.17) is 4.74 Å². The molecule has 1 aliphatic heterocycles. The van der Waals surface area contributed by atoms with Crippen LogP contribution in [0.1, 0.15) is 16.2 Å². The Morgan fingerprint density at radius 3 is 3.08 bits per heavy atom. The Labute approximate surface area is 145 Å². The molecule has 1 amide bonds. The largest absolute Gasteiger partial charge is 0.379 e. The minimum atomic E-state index is -0.0996. The molecule has 128 valence electrons. The molecule has 1 atom stereocenters. The first-order valence-electron chi connectivity index (χ1n) is 8.36. The summed E-state index contributed by atoms with van der Waals surface area (Å²) < 4.78 is 7.78. The zero-order valence-electron chi connectivity index (χ0n) is 13.8. The summed E-state index contributed by atoms with van der Waals surface area (Å²) >= 11 is 0. The number of fused-ring (bicyclic) bond motifs is 1. The third kappa shape index (κ3) is 3.36. The highest BCUT2D eigenvalue weighted by atomic mass is 16.5. The molecule has 0 spiro atoms. The second kappa shape index (κ2) is 6.98. The maximum atomic E-state index is 12.7. The molecule has 4 rings (SSSR count). The van der Waals surface area contributed by atoms with Crippen molar-refractivity contribution in [2.45, 2.75) is 6.42 Å². The normalized spacial score (nSPS) is 18.2. The van der Waals surface area contributed by atoms with Crippen molar-refractivity contribution in [3.8, 4) is 0 Å². The topological polar surface area (TPSA) is 72.6 Å². The molecule has 7 nitrogen and oxygen atoms in total. The smallest absolute Gasteiger partial charge is 0.274 e. The predicted octanol–water partition coefficient (Wildman–Crippen LogP) is 1.46. The van der Waals surface area contributed by atoms with Crippen LogP contribution in [0.2, 0.25) is 0 Å². The van der Waals surface area contributed by atoms with Crippen molar-refractivity contribution in [3.05, 3.63) is 60.4 Å². The molecule has 1 saturated heterocycles. The van der Waals surface area contributed by atoms with Crippen LogP contribution in [-0.4, -0.2) is 56.7 Å². The first kappa shape index (κ1) is 15.7. The Hall–Kier alpha value is -2.80. The van der Waals surface area contributed by atoms with Gasteiger partial charge in [-0.25, -0.2) is 0 Å². The minimum Gasteiger partial charge on any atom is -0.379 e. The Balaban J connectivity index is 1.52. The summed E-state index contributed by atoms with van der Waals surface area (Å²) in [5.74, 6) is 0.0918. The number of hydrogen-bond acceptors (Lipinski definition) is 5. The predicted molar refractivity (Wildman–Crippen MR) is 91.1 cm³/mol. The van der Waals surface area contributed by atoms with Gasteiger partial charge in [0, 0.05) is 43.8 Å². The molecule has 7 heteroatoms. The van der Waals surface area contributed by atoms with E-state index in [1.165, 1.54) is 0 Å². The van der Waals surface area contributed by atoms with Gasteiger partial charge in [0.1, 0.15) is 0 Å². The fourth-order valence-corrected chi connectivity index (χ4v) is 3.23. The lowest BCUT2D eigenvalue weighted by molar-refractivity contribution is 0.0730. The molecule has 4 heterocycles. The fraction of sp³-hybridized carbons (Fsp3) is 0.333. The quantitative estimate of drug-likeness (QED) is 0.723. The average Bonchev–Trinajstić information content (AvgIpc) is 3.02. The number of aromatic nitrogens is 4. The summed E-state index contributed by atoms with van der Waals surface area (Å²) in [5, 5.41) is 7.73. The van der Waals surface area contributed by atoms with Crippen molar-refractivity contribution in [2.75, 3.05) is 26.3 Å². The van der Waals surface area contributed by atoms with Gasteiger partial charge in [0.25, 0.3) is 5.91 Å². The lowest BCUT2D eigenvalue weighted by Gasteiger charge is -2.23. The summed E-state index contributed by atoms with van der Waals surface area (Å²) in [6.45, 7) is 2.34. The molecule has 3 aromatic rings. The van der Waals surface area contributed by atoms with Crippen LogP contribution in [0.15, 0.2) is 49.1 Å². The number of nitrogens with zero attached hydrogens (tertiary/aromatic N) is 5. The van der Waals surface area contributed by atoms with Gasteiger partial charge in [0.05, 0.1) is 24.4 Å². The molecular formula is C18H19N5O2. The third-order valence-corrected chi connectivity index (χ3v) is 4.43. The van der Waals surface area contributed by atoms with E-state index in [1.807, 2.05) is 24.7 Å². The molecule has 0 saturated carbocycles.